The molecule has 1 aromatic heterocycles. The summed E-state index contributed by atoms with van der Waals surface area (Å²) >= 11 is 1.24. The normalized spacial score (nSPS) is 20.2. The third-order valence-electron chi connectivity index (χ3n) is 6.12. The average molecular weight is 440 g/mol. The summed E-state index contributed by atoms with van der Waals surface area (Å²) in [6.07, 6.45) is 2.80. The number of anilines is 1. The van der Waals surface area contributed by atoms with Crippen molar-refractivity contribution >= 4 is 29.3 Å². The van der Waals surface area contributed by atoms with Crippen LogP contribution in [0.4, 0.5) is 5.69 Å². The van der Waals surface area contributed by atoms with E-state index in [2.05, 4.69) is 30.3 Å². The molecular weight excluding hydrogens is 418 g/mol. The highest BCUT2D eigenvalue weighted by Gasteiger charge is 2.41. The largest absolute Gasteiger partial charge is 0.274 e. The Morgan fingerprint density at radius 2 is 1.72 bits per heavy atom. The number of benzene rings is 2. The lowest BCUT2D eigenvalue weighted by molar-refractivity contribution is -0.121. The Kier molecular flexibility index (Phi) is 5.50. The summed E-state index contributed by atoms with van der Waals surface area (Å²) < 4.78 is 0. The molecule has 2 aliphatic rings. The highest BCUT2D eigenvalue weighted by molar-refractivity contribution is 8.00. The van der Waals surface area contributed by atoms with Gasteiger partial charge in [0.2, 0.25) is 11.8 Å². The molecule has 1 saturated heterocycles. The molecule has 0 N–H and O–H groups in total. The molecule has 2 amide bonds. The topological polar surface area (TPSA) is 74.1 Å². The van der Waals surface area contributed by atoms with Gasteiger partial charge in [-0.25, -0.2) is 9.88 Å². The van der Waals surface area contributed by atoms with Crippen LogP contribution in [0.25, 0.3) is 0 Å². The predicted molar refractivity (Wildman–Crippen MR) is 123 cm³/mol. The molecule has 2 heterocycles. The minimum absolute atomic E-state index is 0.109. The van der Waals surface area contributed by atoms with E-state index >= 15 is 0 Å². The van der Waals surface area contributed by atoms with Crippen molar-refractivity contribution in [2.75, 3.05) is 4.90 Å². The Morgan fingerprint density at radius 1 is 1.00 bits per heavy atom. The average Bonchev–Trinajstić information content (AvgIpc) is 3.12. The van der Waals surface area contributed by atoms with E-state index in [9.17, 15) is 14.9 Å². The van der Waals surface area contributed by atoms with Crippen molar-refractivity contribution in [2.24, 2.45) is 0 Å². The van der Waals surface area contributed by atoms with Crippen LogP contribution in [0.5, 0.6) is 0 Å². The molecule has 6 heteroatoms. The van der Waals surface area contributed by atoms with E-state index < -0.39 is 5.25 Å². The fourth-order valence-corrected chi connectivity index (χ4v) is 5.60. The van der Waals surface area contributed by atoms with Gasteiger partial charge in [0.25, 0.3) is 0 Å². The number of amides is 2. The minimum atomic E-state index is -0.569. The second-order valence-electron chi connectivity index (χ2n) is 8.12. The SMILES string of the molecule is N#Cc1cc2c(nc1SC1CC(=O)N(c3ccccc3)C1=O)CCC(c1ccccc1)C2. The highest BCUT2D eigenvalue weighted by Crippen LogP contribution is 2.38. The molecule has 0 bridgehead atoms. The third kappa shape index (κ3) is 3.80. The van der Waals surface area contributed by atoms with E-state index in [0.29, 0.717) is 22.2 Å². The van der Waals surface area contributed by atoms with Crippen molar-refractivity contribution in [1.82, 2.24) is 4.98 Å². The van der Waals surface area contributed by atoms with E-state index in [1.54, 1.807) is 24.3 Å². The first kappa shape index (κ1) is 20.5. The summed E-state index contributed by atoms with van der Waals surface area (Å²) in [4.78, 5) is 31.6. The zero-order valence-electron chi connectivity index (χ0n) is 17.4. The number of nitriles is 1. The number of fused-ring (bicyclic) bond motifs is 1. The summed E-state index contributed by atoms with van der Waals surface area (Å²) in [5.41, 5.74) is 4.46. The summed E-state index contributed by atoms with van der Waals surface area (Å²) in [7, 11) is 0. The zero-order valence-corrected chi connectivity index (χ0v) is 18.2. The van der Waals surface area contributed by atoms with Crippen LogP contribution < -0.4 is 4.90 Å². The Hall–Kier alpha value is -3.43. The number of carbonyl (C=O) groups excluding carboxylic acids is 2. The fourth-order valence-electron chi connectivity index (χ4n) is 4.50. The molecule has 0 spiro atoms. The van der Waals surface area contributed by atoms with Crippen LogP contribution in [-0.2, 0) is 22.4 Å². The summed E-state index contributed by atoms with van der Waals surface area (Å²) in [6.45, 7) is 0. The van der Waals surface area contributed by atoms with Gasteiger partial charge in [-0.2, -0.15) is 5.26 Å². The van der Waals surface area contributed by atoms with E-state index in [1.807, 2.05) is 18.2 Å². The number of para-hydroxylation sites is 1. The van der Waals surface area contributed by atoms with Crippen molar-refractivity contribution in [3.63, 3.8) is 0 Å². The molecule has 1 aliphatic carbocycles. The molecule has 3 aromatic rings. The molecule has 32 heavy (non-hydrogen) atoms. The number of rotatable bonds is 4. The molecule has 2 atom stereocenters. The number of imide groups is 1. The van der Waals surface area contributed by atoms with Gasteiger partial charge in [-0.1, -0.05) is 60.3 Å². The van der Waals surface area contributed by atoms with E-state index in [1.165, 1.54) is 22.2 Å². The number of nitrogens with zero attached hydrogens (tertiary/aromatic N) is 3. The number of pyridine rings is 1. The molecule has 2 aromatic carbocycles. The molecule has 1 fully saturated rings. The summed E-state index contributed by atoms with van der Waals surface area (Å²) in [6, 6.07) is 23.6. The first-order chi connectivity index (χ1) is 15.6. The van der Waals surface area contributed by atoms with E-state index in [0.717, 1.165) is 30.5 Å². The van der Waals surface area contributed by atoms with Crippen molar-refractivity contribution in [2.45, 2.75) is 41.9 Å². The van der Waals surface area contributed by atoms with Crippen molar-refractivity contribution in [1.29, 1.82) is 5.26 Å². The van der Waals surface area contributed by atoms with Gasteiger partial charge >= 0.3 is 0 Å². The lowest BCUT2D eigenvalue weighted by Crippen LogP contribution is -2.31. The molecule has 5 rings (SSSR count). The first-order valence-electron chi connectivity index (χ1n) is 10.7. The van der Waals surface area contributed by atoms with Crippen LogP contribution in [0.3, 0.4) is 0 Å². The maximum absolute atomic E-state index is 13.0. The molecule has 0 radical (unpaired) electrons. The van der Waals surface area contributed by atoms with Gasteiger partial charge < -0.3 is 0 Å². The quantitative estimate of drug-likeness (QED) is 0.553. The van der Waals surface area contributed by atoms with Crippen LogP contribution in [0.1, 0.15) is 41.1 Å². The fraction of sp³-hybridized carbons (Fsp3) is 0.231. The molecule has 1 aliphatic heterocycles. The third-order valence-corrected chi connectivity index (χ3v) is 7.30. The number of thioether (sulfide) groups is 1. The molecule has 0 saturated carbocycles. The van der Waals surface area contributed by atoms with Gasteiger partial charge in [0.1, 0.15) is 11.1 Å². The summed E-state index contributed by atoms with van der Waals surface area (Å²) in [5, 5.41) is 9.74. The van der Waals surface area contributed by atoms with E-state index in [4.69, 9.17) is 4.98 Å². The number of hydrogen-bond acceptors (Lipinski definition) is 5. The van der Waals surface area contributed by atoms with Gasteiger partial charge in [-0.3, -0.25) is 9.59 Å². The van der Waals surface area contributed by atoms with Crippen LogP contribution in [-0.4, -0.2) is 22.0 Å². The Balaban J connectivity index is 1.38. The molecule has 158 valence electrons. The number of aromatic nitrogens is 1. The number of carbonyl (C=O) groups is 2. The van der Waals surface area contributed by atoms with Crippen molar-refractivity contribution < 1.29 is 9.59 Å². The van der Waals surface area contributed by atoms with Crippen LogP contribution in [0.15, 0.2) is 71.8 Å². The maximum Gasteiger partial charge on any atom is 0.247 e. The Morgan fingerprint density at radius 3 is 2.44 bits per heavy atom. The van der Waals surface area contributed by atoms with Gasteiger partial charge in [-0.05, 0) is 54.5 Å². The first-order valence-corrected chi connectivity index (χ1v) is 11.6. The highest BCUT2D eigenvalue weighted by atomic mass is 32.2. The maximum atomic E-state index is 13.0. The van der Waals surface area contributed by atoms with Gasteiger partial charge in [-0.15, -0.1) is 0 Å². The smallest absolute Gasteiger partial charge is 0.247 e. The standard InChI is InChI=1S/C26H21N3O2S/c27-16-20-14-19-13-18(17-7-3-1-4-8-17)11-12-22(19)28-25(20)32-23-15-24(30)29(26(23)31)21-9-5-2-6-10-21/h1-10,14,18,23H,11-13,15H2. The number of hydrogen-bond donors (Lipinski definition) is 0. The number of aryl methyl sites for hydroxylation is 1. The zero-order chi connectivity index (χ0) is 22.1. The molecule has 5 nitrogen and oxygen atoms in total. The Bertz CT molecular complexity index is 1220. The second kappa shape index (κ2) is 8.60. The molecule has 2 unspecified atom stereocenters. The second-order valence-corrected chi connectivity index (χ2v) is 9.31. The molecular formula is C26H21N3O2S. The minimum Gasteiger partial charge on any atom is -0.274 e. The lowest BCUT2D eigenvalue weighted by atomic mass is 9.82. The van der Waals surface area contributed by atoms with Gasteiger partial charge in [0, 0.05) is 12.1 Å². The van der Waals surface area contributed by atoms with Crippen molar-refractivity contribution in [3.8, 4) is 6.07 Å². The van der Waals surface area contributed by atoms with Crippen molar-refractivity contribution in [3.05, 3.63) is 89.1 Å². The summed E-state index contributed by atoms with van der Waals surface area (Å²) in [5.74, 6) is -0.0522. The van der Waals surface area contributed by atoms with Crippen LogP contribution >= 0.6 is 11.8 Å². The van der Waals surface area contributed by atoms with Crippen LogP contribution in [0.2, 0.25) is 0 Å². The van der Waals surface area contributed by atoms with Crippen LogP contribution in [0, 0.1) is 11.3 Å². The lowest BCUT2D eigenvalue weighted by Gasteiger charge is -2.25. The van der Waals surface area contributed by atoms with Gasteiger partial charge in [0.15, 0.2) is 0 Å². The van der Waals surface area contributed by atoms with E-state index in [-0.39, 0.29) is 18.2 Å². The monoisotopic (exact) mass is 439 g/mol. The Labute approximate surface area is 191 Å². The van der Waals surface area contributed by atoms with Gasteiger partial charge in [0.05, 0.1) is 16.5 Å². The predicted octanol–water partition coefficient (Wildman–Crippen LogP) is 4.65.